The van der Waals surface area contributed by atoms with Crippen molar-refractivity contribution in [3.8, 4) is 0 Å². The molecule has 5 nitrogen and oxygen atoms in total. The fourth-order valence-electron chi connectivity index (χ4n) is 4.54. The number of hydrogen-bond acceptors (Lipinski definition) is 4. The Labute approximate surface area is 202 Å². The molecule has 0 spiro atoms. The second kappa shape index (κ2) is 9.19. The van der Waals surface area contributed by atoms with Gasteiger partial charge in [0.25, 0.3) is 5.91 Å². The number of aryl methyl sites for hydroxylation is 1. The number of rotatable bonds is 4. The molecule has 0 radical (unpaired) electrons. The summed E-state index contributed by atoms with van der Waals surface area (Å²) in [6.07, 6.45) is -4.56. The first kappa shape index (κ1) is 23.1. The minimum absolute atomic E-state index is 0.0376. The van der Waals surface area contributed by atoms with Crippen LogP contribution in [-0.4, -0.2) is 49.4 Å². The number of benzene rings is 3. The molecule has 2 heterocycles. The van der Waals surface area contributed by atoms with Crippen molar-refractivity contribution in [2.45, 2.75) is 13.1 Å². The average Bonchev–Trinajstić information content (AvgIpc) is 3.11. The van der Waals surface area contributed by atoms with Gasteiger partial charge in [0.2, 0.25) is 0 Å². The number of nitrogens with zero attached hydrogens (tertiary/aromatic N) is 4. The summed E-state index contributed by atoms with van der Waals surface area (Å²) < 4.78 is 40.5. The van der Waals surface area contributed by atoms with Crippen LogP contribution in [0.2, 0.25) is 0 Å². The summed E-state index contributed by atoms with van der Waals surface area (Å²) in [5.74, 6) is -0.385. The van der Waals surface area contributed by atoms with Gasteiger partial charge < -0.3 is 4.90 Å². The standard InChI is InChI=1S/C27H25F3N4O/c1-19-10-12-20(13-11-19)33-16-14-32(15-17-33)18-34-24-9-5-2-6-21(24)25(26(34)35)31-23-8-4-3-7-22(23)27(28,29)30/h2-13H,14-18H2,1H3. The third kappa shape index (κ3) is 4.66. The Balaban J connectivity index is 1.36. The van der Waals surface area contributed by atoms with Crippen LogP contribution in [0.4, 0.5) is 30.2 Å². The van der Waals surface area contributed by atoms with E-state index < -0.39 is 11.7 Å². The van der Waals surface area contributed by atoms with E-state index in [1.807, 2.05) is 12.1 Å². The summed E-state index contributed by atoms with van der Waals surface area (Å²) in [6, 6.07) is 20.6. The van der Waals surface area contributed by atoms with Crippen LogP contribution in [0.15, 0.2) is 77.8 Å². The van der Waals surface area contributed by atoms with Gasteiger partial charge in [-0.05, 0) is 37.3 Å². The normalized spacial score (nSPS) is 17.8. The molecule has 0 atom stereocenters. The summed E-state index contributed by atoms with van der Waals surface area (Å²) in [5.41, 5.74) is 2.53. The number of hydrogen-bond donors (Lipinski definition) is 0. The van der Waals surface area contributed by atoms with Crippen LogP contribution in [0.25, 0.3) is 0 Å². The molecule has 180 valence electrons. The van der Waals surface area contributed by atoms with Crippen molar-refractivity contribution in [1.29, 1.82) is 0 Å². The van der Waals surface area contributed by atoms with Crippen LogP contribution in [0.3, 0.4) is 0 Å². The largest absolute Gasteiger partial charge is 0.418 e. The first-order chi connectivity index (χ1) is 16.8. The summed E-state index contributed by atoms with van der Waals surface area (Å²) in [4.78, 5) is 23.7. The van der Waals surface area contributed by atoms with Gasteiger partial charge in [-0.1, -0.05) is 48.0 Å². The van der Waals surface area contributed by atoms with Gasteiger partial charge in [-0.3, -0.25) is 14.6 Å². The molecule has 35 heavy (non-hydrogen) atoms. The molecule has 5 rings (SSSR count). The average molecular weight is 479 g/mol. The van der Waals surface area contributed by atoms with Crippen LogP contribution >= 0.6 is 0 Å². The first-order valence-corrected chi connectivity index (χ1v) is 11.5. The number of fused-ring (bicyclic) bond motifs is 1. The van der Waals surface area contributed by atoms with E-state index in [1.54, 1.807) is 17.0 Å². The van der Waals surface area contributed by atoms with E-state index in [2.05, 4.69) is 46.0 Å². The lowest BCUT2D eigenvalue weighted by molar-refractivity contribution is -0.137. The Morgan fingerprint density at radius 3 is 2.23 bits per heavy atom. The minimum Gasteiger partial charge on any atom is -0.369 e. The maximum atomic E-state index is 13.5. The topological polar surface area (TPSA) is 39.1 Å². The maximum Gasteiger partial charge on any atom is 0.418 e. The first-order valence-electron chi connectivity index (χ1n) is 11.5. The fraction of sp³-hybridized carbons (Fsp3) is 0.259. The lowest BCUT2D eigenvalue weighted by Gasteiger charge is -2.37. The van der Waals surface area contributed by atoms with Crippen molar-refractivity contribution in [3.05, 3.63) is 89.5 Å². The Morgan fingerprint density at radius 1 is 0.857 bits per heavy atom. The van der Waals surface area contributed by atoms with E-state index in [0.29, 0.717) is 17.9 Å². The number of alkyl halides is 3. The zero-order valence-electron chi connectivity index (χ0n) is 19.3. The number of amides is 1. The molecule has 2 aliphatic rings. The van der Waals surface area contributed by atoms with Crippen LogP contribution in [-0.2, 0) is 11.0 Å². The Morgan fingerprint density at radius 2 is 1.51 bits per heavy atom. The van der Waals surface area contributed by atoms with E-state index in [0.717, 1.165) is 32.2 Å². The predicted octanol–water partition coefficient (Wildman–Crippen LogP) is 5.26. The Kier molecular flexibility index (Phi) is 6.06. The zero-order chi connectivity index (χ0) is 24.6. The number of piperazine rings is 1. The van der Waals surface area contributed by atoms with Gasteiger partial charge in [0.15, 0.2) is 0 Å². The molecule has 1 amide bonds. The van der Waals surface area contributed by atoms with Crippen LogP contribution in [0.1, 0.15) is 16.7 Å². The molecule has 3 aromatic rings. The predicted molar refractivity (Wildman–Crippen MR) is 131 cm³/mol. The van der Waals surface area contributed by atoms with Gasteiger partial charge in [-0.25, -0.2) is 4.99 Å². The number of carbonyl (C=O) groups excluding carboxylic acids is 1. The smallest absolute Gasteiger partial charge is 0.369 e. The monoisotopic (exact) mass is 478 g/mol. The molecule has 0 aromatic heterocycles. The number of halogens is 3. The Hall–Kier alpha value is -3.65. The van der Waals surface area contributed by atoms with E-state index in [1.165, 1.54) is 29.4 Å². The lowest BCUT2D eigenvalue weighted by atomic mass is 10.1. The van der Waals surface area contributed by atoms with E-state index in [9.17, 15) is 18.0 Å². The van der Waals surface area contributed by atoms with Crippen LogP contribution in [0, 0.1) is 6.92 Å². The van der Waals surface area contributed by atoms with Crippen molar-refractivity contribution in [2.24, 2.45) is 4.99 Å². The number of aliphatic imine (C=N–C) groups is 1. The van der Waals surface area contributed by atoms with Crippen molar-refractivity contribution in [2.75, 3.05) is 42.6 Å². The SMILES string of the molecule is Cc1ccc(N2CCN(CN3C(=O)C(=Nc4ccccc4C(F)(F)F)c4ccccc43)CC2)cc1. The van der Waals surface area contributed by atoms with Crippen molar-refractivity contribution in [1.82, 2.24) is 4.90 Å². The van der Waals surface area contributed by atoms with Gasteiger partial charge in [0.05, 0.1) is 23.6 Å². The van der Waals surface area contributed by atoms with Crippen LogP contribution < -0.4 is 9.80 Å². The molecule has 0 unspecified atom stereocenters. The van der Waals surface area contributed by atoms with Crippen molar-refractivity contribution < 1.29 is 18.0 Å². The molecule has 1 fully saturated rings. The zero-order valence-corrected chi connectivity index (χ0v) is 19.3. The molecule has 8 heteroatoms. The van der Waals surface area contributed by atoms with Crippen molar-refractivity contribution >= 4 is 28.7 Å². The Bertz CT molecular complexity index is 1260. The lowest BCUT2D eigenvalue weighted by Crippen LogP contribution is -2.51. The summed E-state index contributed by atoms with van der Waals surface area (Å²) in [5, 5.41) is 0. The maximum absolute atomic E-state index is 13.5. The molecule has 3 aromatic carbocycles. The summed E-state index contributed by atoms with van der Waals surface area (Å²) in [6.45, 7) is 5.61. The highest BCUT2D eigenvalue weighted by Crippen LogP contribution is 2.38. The van der Waals surface area contributed by atoms with E-state index in [-0.39, 0.29) is 17.3 Å². The van der Waals surface area contributed by atoms with Crippen LogP contribution in [0.5, 0.6) is 0 Å². The van der Waals surface area contributed by atoms with Gasteiger partial charge >= 0.3 is 6.18 Å². The minimum atomic E-state index is -4.56. The quantitative estimate of drug-likeness (QED) is 0.514. The van der Waals surface area contributed by atoms with Crippen molar-refractivity contribution in [3.63, 3.8) is 0 Å². The fourth-order valence-corrected chi connectivity index (χ4v) is 4.54. The molecule has 0 saturated carbocycles. The van der Waals surface area contributed by atoms with Gasteiger partial charge in [-0.2, -0.15) is 13.2 Å². The molecular formula is C27H25F3N4O. The van der Waals surface area contributed by atoms with E-state index in [4.69, 9.17) is 0 Å². The molecular weight excluding hydrogens is 453 g/mol. The summed E-state index contributed by atoms with van der Waals surface area (Å²) in [7, 11) is 0. The second-order valence-electron chi connectivity index (χ2n) is 8.81. The molecule has 0 bridgehead atoms. The third-order valence-electron chi connectivity index (χ3n) is 6.45. The number of anilines is 2. The van der Waals surface area contributed by atoms with Gasteiger partial charge in [0, 0.05) is 37.4 Å². The molecule has 1 saturated heterocycles. The molecule has 2 aliphatic heterocycles. The highest BCUT2D eigenvalue weighted by atomic mass is 19.4. The molecule has 0 aliphatic carbocycles. The highest BCUT2D eigenvalue weighted by molar-refractivity contribution is 6.54. The second-order valence-corrected chi connectivity index (χ2v) is 8.81. The number of para-hydroxylation sites is 2. The third-order valence-corrected chi connectivity index (χ3v) is 6.45. The number of carbonyl (C=O) groups is 1. The van der Waals surface area contributed by atoms with Gasteiger partial charge in [-0.15, -0.1) is 0 Å². The highest BCUT2D eigenvalue weighted by Gasteiger charge is 2.37. The van der Waals surface area contributed by atoms with Gasteiger partial charge in [0.1, 0.15) is 5.71 Å². The van der Waals surface area contributed by atoms with E-state index >= 15 is 0 Å². The molecule has 0 N–H and O–H groups in total. The summed E-state index contributed by atoms with van der Waals surface area (Å²) >= 11 is 0.